The summed E-state index contributed by atoms with van der Waals surface area (Å²) >= 11 is 4.99. The SMILES string of the molecule is COc1ccc(-c2ccc(=S)[nH]n2)cc1C(C)C. The van der Waals surface area contributed by atoms with Crippen LogP contribution in [0.15, 0.2) is 30.3 Å². The van der Waals surface area contributed by atoms with Gasteiger partial charge in [-0.2, -0.15) is 5.10 Å². The maximum absolute atomic E-state index is 5.37. The lowest BCUT2D eigenvalue weighted by molar-refractivity contribution is 0.407. The Morgan fingerprint density at radius 3 is 2.56 bits per heavy atom. The summed E-state index contributed by atoms with van der Waals surface area (Å²) in [5, 5.41) is 7.04. The zero-order valence-corrected chi connectivity index (χ0v) is 11.5. The van der Waals surface area contributed by atoms with Crippen LogP contribution < -0.4 is 4.74 Å². The van der Waals surface area contributed by atoms with Crippen LogP contribution >= 0.6 is 12.2 Å². The van der Waals surface area contributed by atoms with E-state index >= 15 is 0 Å². The van der Waals surface area contributed by atoms with Crippen molar-refractivity contribution in [1.82, 2.24) is 10.2 Å². The van der Waals surface area contributed by atoms with E-state index < -0.39 is 0 Å². The number of nitrogens with one attached hydrogen (secondary N) is 1. The fourth-order valence-electron chi connectivity index (χ4n) is 1.85. The highest BCUT2D eigenvalue weighted by molar-refractivity contribution is 7.71. The van der Waals surface area contributed by atoms with E-state index in [1.54, 1.807) is 7.11 Å². The average molecular weight is 260 g/mol. The number of aromatic nitrogens is 2. The van der Waals surface area contributed by atoms with E-state index in [1.807, 2.05) is 24.3 Å². The van der Waals surface area contributed by atoms with Gasteiger partial charge in [-0.05, 0) is 41.8 Å². The molecule has 0 radical (unpaired) electrons. The molecule has 0 aliphatic carbocycles. The Morgan fingerprint density at radius 2 is 2.00 bits per heavy atom. The number of rotatable bonds is 3. The van der Waals surface area contributed by atoms with Crippen molar-refractivity contribution in [2.75, 3.05) is 7.11 Å². The summed E-state index contributed by atoms with van der Waals surface area (Å²) < 4.78 is 6.01. The summed E-state index contributed by atoms with van der Waals surface area (Å²) in [6, 6.07) is 9.86. The van der Waals surface area contributed by atoms with E-state index in [9.17, 15) is 0 Å². The van der Waals surface area contributed by atoms with Crippen molar-refractivity contribution in [3.05, 3.63) is 40.5 Å². The predicted molar refractivity (Wildman–Crippen MR) is 75.5 cm³/mol. The number of hydrogen-bond donors (Lipinski definition) is 1. The molecule has 18 heavy (non-hydrogen) atoms. The molecule has 1 aromatic heterocycles. The molecule has 2 rings (SSSR count). The fourth-order valence-corrected chi connectivity index (χ4v) is 1.96. The molecule has 2 aromatic rings. The standard InChI is InChI=1S/C14H16N2OS/c1-9(2)11-8-10(4-6-13(11)17-3)12-5-7-14(18)16-15-12/h4-9H,1-3H3,(H,16,18). The Labute approximate surface area is 112 Å². The molecule has 3 nitrogen and oxygen atoms in total. The molecule has 1 heterocycles. The minimum Gasteiger partial charge on any atom is -0.496 e. The van der Waals surface area contributed by atoms with Crippen LogP contribution in [0.25, 0.3) is 11.3 Å². The van der Waals surface area contributed by atoms with Crippen LogP contribution in [0.3, 0.4) is 0 Å². The van der Waals surface area contributed by atoms with Gasteiger partial charge in [0.2, 0.25) is 0 Å². The maximum atomic E-state index is 5.37. The highest BCUT2D eigenvalue weighted by Gasteiger charge is 2.09. The third kappa shape index (κ3) is 2.59. The number of H-pyrrole nitrogens is 1. The minimum atomic E-state index is 0.405. The molecule has 0 spiro atoms. The first-order chi connectivity index (χ1) is 8.61. The molecule has 1 N–H and O–H groups in total. The van der Waals surface area contributed by atoms with Crippen molar-refractivity contribution in [3.63, 3.8) is 0 Å². The lowest BCUT2D eigenvalue weighted by atomic mass is 9.98. The highest BCUT2D eigenvalue weighted by Crippen LogP contribution is 2.30. The van der Waals surface area contributed by atoms with Crippen LogP contribution in [0.4, 0.5) is 0 Å². The van der Waals surface area contributed by atoms with Gasteiger partial charge in [-0.3, -0.25) is 5.10 Å². The fraction of sp³-hybridized carbons (Fsp3) is 0.286. The van der Waals surface area contributed by atoms with Crippen LogP contribution in [0.1, 0.15) is 25.3 Å². The van der Waals surface area contributed by atoms with Gasteiger partial charge in [0.05, 0.1) is 12.8 Å². The van der Waals surface area contributed by atoms with Gasteiger partial charge in [-0.15, -0.1) is 0 Å². The van der Waals surface area contributed by atoms with Crippen LogP contribution in [-0.2, 0) is 0 Å². The molecule has 0 unspecified atom stereocenters. The Hall–Kier alpha value is -1.68. The summed E-state index contributed by atoms with van der Waals surface area (Å²) in [6.45, 7) is 4.29. The normalized spacial score (nSPS) is 10.7. The van der Waals surface area contributed by atoms with Crippen molar-refractivity contribution in [1.29, 1.82) is 0 Å². The molecule has 0 aliphatic rings. The molecule has 4 heteroatoms. The number of methoxy groups -OCH3 is 1. The molecule has 0 amide bonds. The lowest BCUT2D eigenvalue weighted by Gasteiger charge is -2.13. The van der Waals surface area contributed by atoms with Crippen molar-refractivity contribution >= 4 is 12.2 Å². The van der Waals surface area contributed by atoms with Gasteiger partial charge >= 0.3 is 0 Å². The predicted octanol–water partition coefficient (Wildman–Crippen LogP) is 3.94. The van der Waals surface area contributed by atoms with Crippen LogP contribution in [0, 0.1) is 4.64 Å². The summed E-state index contributed by atoms with van der Waals surface area (Å²) in [5.41, 5.74) is 3.12. The summed E-state index contributed by atoms with van der Waals surface area (Å²) in [4.78, 5) is 0. The molecule has 0 bridgehead atoms. The zero-order valence-electron chi connectivity index (χ0n) is 10.7. The van der Waals surface area contributed by atoms with Crippen molar-refractivity contribution in [2.24, 2.45) is 0 Å². The van der Waals surface area contributed by atoms with Gasteiger partial charge < -0.3 is 4.74 Å². The number of nitrogens with zero attached hydrogens (tertiary/aromatic N) is 1. The first-order valence-corrected chi connectivity index (χ1v) is 6.26. The highest BCUT2D eigenvalue weighted by atomic mass is 32.1. The molecule has 0 aliphatic heterocycles. The molecule has 1 aromatic carbocycles. The third-order valence-corrected chi connectivity index (χ3v) is 3.05. The molecule has 0 fully saturated rings. The van der Waals surface area contributed by atoms with Crippen molar-refractivity contribution < 1.29 is 4.74 Å². The van der Waals surface area contributed by atoms with Gasteiger partial charge in [0.15, 0.2) is 0 Å². The number of aromatic amines is 1. The molecule has 0 atom stereocenters. The first-order valence-electron chi connectivity index (χ1n) is 5.86. The summed E-state index contributed by atoms with van der Waals surface area (Å²) in [5.74, 6) is 1.32. The van der Waals surface area contributed by atoms with Gasteiger partial charge in [0, 0.05) is 5.56 Å². The van der Waals surface area contributed by atoms with Crippen LogP contribution in [-0.4, -0.2) is 17.3 Å². The van der Waals surface area contributed by atoms with Gasteiger partial charge in [0.1, 0.15) is 10.4 Å². The largest absolute Gasteiger partial charge is 0.496 e. The summed E-state index contributed by atoms with van der Waals surface area (Å²) in [6.07, 6.45) is 0. The monoisotopic (exact) mass is 260 g/mol. The molecular weight excluding hydrogens is 244 g/mol. The third-order valence-electron chi connectivity index (χ3n) is 2.83. The first kappa shape index (κ1) is 12.8. The maximum Gasteiger partial charge on any atom is 0.122 e. The number of hydrogen-bond acceptors (Lipinski definition) is 3. The Bertz CT molecular complexity index is 584. The van der Waals surface area contributed by atoms with E-state index in [4.69, 9.17) is 17.0 Å². The van der Waals surface area contributed by atoms with Crippen LogP contribution in [0.5, 0.6) is 5.75 Å². The molecular formula is C14H16N2OS. The van der Waals surface area contributed by atoms with Gasteiger partial charge in [-0.25, -0.2) is 0 Å². The van der Waals surface area contributed by atoms with Crippen LogP contribution in [0.2, 0.25) is 0 Å². The summed E-state index contributed by atoms with van der Waals surface area (Å²) in [7, 11) is 1.69. The quantitative estimate of drug-likeness (QED) is 0.849. The van der Waals surface area contributed by atoms with Gasteiger partial charge in [0.25, 0.3) is 0 Å². The Morgan fingerprint density at radius 1 is 1.22 bits per heavy atom. The second-order valence-corrected chi connectivity index (χ2v) is 4.86. The van der Waals surface area contributed by atoms with E-state index in [1.165, 1.54) is 5.56 Å². The van der Waals surface area contributed by atoms with E-state index in [-0.39, 0.29) is 0 Å². The van der Waals surface area contributed by atoms with E-state index in [2.05, 4.69) is 30.1 Å². The van der Waals surface area contributed by atoms with E-state index in [0.717, 1.165) is 17.0 Å². The van der Waals surface area contributed by atoms with E-state index in [0.29, 0.717) is 10.6 Å². The Balaban J connectivity index is 2.49. The van der Waals surface area contributed by atoms with Crippen molar-refractivity contribution in [2.45, 2.75) is 19.8 Å². The lowest BCUT2D eigenvalue weighted by Crippen LogP contribution is -1.96. The zero-order chi connectivity index (χ0) is 13.1. The van der Waals surface area contributed by atoms with Crippen molar-refractivity contribution in [3.8, 4) is 17.0 Å². The van der Waals surface area contributed by atoms with Gasteiger partial charge in [-0.1, -0.05) is 26.1 Å². The molecule has 94 valence electrons. The minimum absolute atomic E-state index is 0.405. The Kier molecular flexibility index (Phi) is 3.77. The molecule has 0 saturated carbocycles. The molecule has 0 saturated heterocycles. The number of ether oxygens (including phenoxy) is 1. The number of benzene rings is 1. The second kappa shape index (κ2) is 5.31. The average Bonchev–Trinajstić information content (AvgIpc) is 2.39. The second-order valence-electron chi connectivity index (χ2n) is 4.42. The topological polar surface area (TPSA) is 37.9 Å². The smallest absolute Gasteiger partial charge is 0.122 e.